The first-order chi connectivity index (χ1) is 12.4. The average molecular weight is 344 g/mol. The van der Waals surface area contributed by atoms with Crippen LogP contribution < -0.4 is 0 Å². The molecule has 136 valence electrons. The van der Waals surface area contributed by atoms with Crippen LogP contribution in [-0.4, -0.2) is 69.0 Å². The van der Waals surface area contributed by atoms with Gasteiger partial charge in [-0.15, -0.1) is 0 Å². The molecule has 3 aliphatic rings. The van der Waals surface area contributed by atoms with E-state index in [-0.39, 0.29) is 6.10 Å². The van der Waals surface area contributed by atoms with Gasteiger partial charge >= 0.3 is 0 Å². The van der Waals surface area contributed by atoms with Gasteiger partial charge in [-0.3, -0.25) is 4.90 Å². The topological polar surface area (TPSA) is 43.3 Å². The van der Waals surface area contributed by atoms with Crippen molar-refractivity contribution in [2.45, 2.75) is 31.5 Å². The highest BCUT2D eigenvalue weighted by atomic mass is 16.5. The molecule has 4 rings (SSSR count). The van der Waals surface area contributed by atoms with E-state index < -0.39 is 0 Å². The van der Waals surface area contributed by atoms with E-state index in [1.165, 1.54) is 0 Å². The van der Waals surface area contributed by atoms with E-state index >= 15 is 0 Å². The Kier molecular flexibility index (Phi) is 5.65. The summed E-state index contributed by atoms with van der Waals surface area (Å²) in [4.78, 5) is 7.07. The molecule has 1 aromatic carbocycles. The van der Waals surface area contributed by atoms with Crippen LogP contribution in [0.25, 0.3) is 0 Å². The smallest absolute Gasteiger partial charge is 0.216 e. The molecule has 2 unspecified atom stereocenters. The number of likely N-dealkylation sites (tertiary alicyclic amines) is 1. The summed E-state index contributed by atoms with van der Waals surface area (Å²) in [5.74, 6) is 1.40. The Bertz CT molecular complexity index is 564. The van der Waals surface area contributed by atoms with Crippen molar-refractivity contribution in [1.29, 1.82) is 0 Å². The zero-order valence-electron chi connectivity index (χ0n) is 14.8. The van der Waals surface area contributed by atoms with Crippen LogP contribution in [0, 0.1) is 5.92 Å². The van der Waals surface area contributed by atoms with E-state index in [9.17, 15) is 0 Å². The molecule has 1 aromatic rings. The Morgan fingerprint density at radius 3 is 2.72 bits per heavy atom. The number of rotatable bonds is 6. The number of piperidine rings is 1. The fourth-order valence-electron chi connectivity index (χ4n) is 3.79. The summed E-state index contributed by atoms with van der Waals surface area (Å²) in [5.41, 5.74) is 1.08. The summed E-state index contributed by atoms with van der Waals surface area (Å²) < 4.78 is 17.6. The van der Waals surface area contributed by atoms with Crippen molar-refractivity contribution in [1.82, 2.24) is 4.90 Å². The van der Waals surface area contributed by atoms with Crippen molar-refractivity contribution in [2.75, 3.05) is 46.0 Å². The lowest BCUT2D eigenvalue weighted by Crippen LogP contribution is -2.42. The first-order valence-corrected chi connectivity index (χ1v) is 9.55. The van der Waals surface area contributed by atoms with Gasteiger partial charge in [-0.1, -0.05) is 18.2 Å². The molecule has 0 saturated carbocycles. The molecule has 2 saturated heterocycles. The van der Waals surface area contributed by atoms with Gasteiger partial charge in [0.2, 0.25) is 5.90 Å². The third kappa shape index (κ3) is 4.60. The molecule has 3 heterocycles. The van der Waals surface area contributed by atoms with Crippen LogP contribution in [0.5, 0.6) is 0 Å². The number of ether oxygens (including phenoxy) is 3. The summed E-state index contributed by atoms with van der Waals surface area (Å²) in [6.45, 7) is 6.55. The second kappa shape index (κ2) is 8.30. The molecular formula is C20H28N2O3. The molecule has 0 N–H and O–H groups in total. The maximum absolute atomic E-state index is 6.10. The van der Waals surface area contributed by atoms with Crippen molar-refractivity contribution in [3.05, 3.63) is 35.9 Å². The van der Waals surface area contributed by atoms with Gasteiger partial charge in [0.25, 0.3) is 0 Å². The van der Waals surface area contributed by atoms with Gasteiger partial charge < -0.3 is 14.2 Å². The van der Waals surface area contributed by atoms with E-state index in [0.29, 0.717) is 12.0 Å². The van der Waals surface area contributed by atoms with Gasteiger partial charge in [-0.05, 0) is 31.4 Å². The van der Waals surface area contributed by atoms with E-state index in [4.69, 9.17) is 14.2 Å². The zero-order valence-corrected chi connectivity index (χ0v) is 14.8. The minimum atomic E-state index is 0.184. The monoisotopic (exact) mass is 344 g/mol. The van der Waals surface area contributed by atoms with Crippen LogP contribution in [0.15, 0.2) is 35.3 Å². The largest absolute Gasteiger partial charge is 0.471 e. The molecule has 25 heavy (non-hydrogen) atoms. The second-order valence-electron chi connectivity index (χ2n) is 7.31. The van der Waals surface area contributed by atoms with Crippen LogP contribution in [0.2, 0.25) is 0 Å². The Hall–Kier alpha value is -1.43. The highest BCUT2D eigenvalue weighted by Crippen LogP contribution is 2.20. The van der Waals surface area contributed by atoms with Crippen LogP contribution >= 0.6 is 0 Å². The third-order valence-electron chi connectivity index (χ3n) is 5.33. The van der Waals surface area contributed by atoms with Crippen molar-refractivity contribution in [2.24, 2.45) is 10.9 Å². The molecule has 0 bridgehead atoms. The van der Waals surface area contributed by atoms with Crippen molar-refractivity contribution in [3.8, 4) is 0 Å². The predicted octanol–water partition coefficient (Wildman–Crippen LogP) is 2.35. The Morgan fingerprint density at radius 1 is 1.12 bits per heavy atom. The molecule has 0 spiro atoms. The van der Waals surface area contributed by atoms with Gasteiger partial charge in [0.15, 0.2) is 0 Å². The Balaban J connectivity index is 1.16. The molecule has 0 aromatic heterocycles. The molecule has 5 nitrogen and oxygen atoms in total. The quantitative estimate of drug-likeness (QED) is 0.795. The number of hydrogen-bond donors (Lipinski definition) is 0. The van der Waals surface area contributed by atoms with Crippen LogP contribution in [0.1, 0.15) is 24.8 Å². The van der Waals surface area contributed by atoms with Crippen molar-refractivity contribution in [3.63, 3.8) is 0 Å². The molecule has 2 atom stereocenters. The van der Waals surface area contributed by atoms with E-state index in [0.717, 1.165) is 76.7 Å². The molecule has 3 aliphatic heterocycles. The van der Waals surface area contributed by atoms with Gasteiger partial charge in [-0.25, -0.2) is 4.99 Å². The maximum atomic E-state index is 6.10. The van der Waals surface area contributed by atoms with Gasteiger partial charge in [-0.2, -0.15) is 0 Å². The predicted molar refractivity (Wildman–Crippen MR) is 97.1 cm³/mol. The van der Waals surface area contributed by atoms with Gasteiger partial charge in [0, 0.05) is 37.7 Å². The normalized spacial score (nSPS) is 28.1. The molecule has 2 fully saturated rings. The lowest BCUT2D eigenvalue weighted by atomic mass is 10.1. The minimum absolute atomic E-state index is 0.184. The maximum Gasteiger partial charge on any atom is 0.216 e. The number of nitrogens with zero attached hydrogens (tertiary/aromatic N) is 2. The molecule has 5 heteroatoms. The lowest BCUT2D eigenvalue weighted by Gasteiger charge is -2.33. The molecule has 0 amide bonds. The van der Waals surface area contributed by atoms with E-state index in [1.807, 2.05) is 18.2 Å². The highest BCUT2D eigenvalue weighted by Gasteiger charge is 2.27. The van der Waals surface area contributed by atoms with E-state index in [2.05, 4.69) is 22.0 Å². The fourth-order valence-corrected chi connectivity index (χ4v) is 3.79. The van der Waals surface area contributed by atoms with Crippen molar-refractivity contribution < 1.29 is 14.2 Å². The van der Waals surface area contributed by atoms with Gasteiger partial charge in [0.1, 0.15) is 6.10 Å². The van der Waals surface area contributed by atoms with Gasteiger partial charge in [0.05, 0.1) is 25.9 Å². The number of aliphatic imine (C=N–C) groups is 1. The second-order valence-corrected chi connectivity index (χ2v) is 7.31. The first-order valence-electron chi connectivity index (χ1n) is 9.55. The summed E-state index contributed by atoms with van der Waals surface area (Å²) in [6.07, 6.45) is 3.99. The molecule has 0 aliphatic carbocycles. The SMILES string of the molecule is c1ccc(C2=NCC(CN3CCC(OCC4CCOC4)CC3)O2)cc1. The minimum Gasteiger partial charge on any atom is -0.471 e. The summed E-state index contributed by atoms with van der Waals surface area (Å²) >= 11 is 0. The number of benzene rings is 1. The Morgan fingerprint density at radius 2 is 1.96 bits per heavy atom. The zero-order chi connectivity index (χ0) is 16.9. The van der Waals surface area contributed by atoms with E-state index in [1.54, 1.807) is 0 Å². The molecular weight excluding hydrogens is 316 g/mol. The highest BCUT2D eigenvalue weighted by molar-refractivity contribution is 5.95. The Labute approximate surface area is 150 Å². The summed E-state index contributed by atoms with van der Waals surface area (Å²) in [7, 11) is 0. The average Bonchev–Trinajstić information content (AvgIpc) is 3.34. The number of hydrogen-bond acceptors (Lipinski definition) is 5. The first kappa shape index (κ1) is 17.0. The van der Waals surface area contributed by atoms with Crippen LogP contribution in [-0.2, 0) is 14.2 Å². The summed E-state index contributed by atoms with van der Waals surface area (Å²) in [6, 6.07) is 10.2. The standard InChI is InChI=1S/C20H28N2O3/c1-2-4-17(5-3-1)20-21-12-19(25-20)13-22-9-6-18(7-10-22)24-15-16-8-11-23-14-16/h1-5,16,18-19H,6-15H2. The van der Waals surface area contributed by atoms with Crippen LogP contribution in [0.4, 0.5) is 0 Å². The lowest BCUT2D eigenvalue weighted by molar-refractivity contribution is -0.0150. The third-order valence-corrected chi connectivity index (χ3v) is 5.33. The fraction of sp³-hybridized carbons (Fsp3) is 0.650. The van der Waals surface area contributed by atoms with Crippen LogP contribution in [0.3, 0.4) is 0 Å². The van der Waals surface area contributed by atoms with Crippen molar-refractivity contribution >= 4 is 5.90 Å². The molecule has 0 radical (unpaired) electrons. The summed E-state index contributed by atoms with van der Waals surface area (Å²) in [5, 5.41) is 0.